The van der Waals surface area contributed by atoms with E-state index in [9.17, 15) is 0 Å². The van der Waals surface area contributed by atoms with Gasteiger partial charge in [0.15, 0.2) is 0 Å². The van der Waals surface area contributed by atoms with Gasteiger partial charge in [-0.2, -0.15) is 0 Å². The molecule has 0 saturated carbocycles. The Labute approximate surface area is 124 Å². The topological polar surface area (TPSA) is 18.5 Å². The lowest BCUT2D eigenvalue weighted by Gasteiger charge is -2.28. The van der Waals surface area contributed by atoms with Crippen LogP contribution in [-0.2, 0) is 20.9 Å². The van der Waals surface area contributed by atoms with E-state index < -0.39 is 6.49 Å². The summed E-state index contributed by atoms with van der Waals surface area (Å²) in [6.07, 6.45) is 4.70. The van der Waals surface area contributed by atoms with Crippen molar-refractivity contribution in [3.63, 3.8) is 0 Å². The van der Waals surface area contributed by atoms with Crippen molar-refractivity contribution in [3.05, 3.63) is 0 Å². The van der Waals surface area contributed by atoms with E-state index in [0.29, 0.717) is 13.2 Å². The van der Waals surface area contributed by atoms with Crippen LogP contribution in [0.3, 0.4) is 0 Å². The summed E-state index contributed by atoms with van der Waals surface area (Å²) < 4.78 is 11.5. The van der Waals surface area contributed by atoms with E-state index >= 15 is 0 Å². The molecule has 0 aromatic rings. The maximum absolute atomic E-state index is 5.75. The van der Waals surface area contributed by atoms with Gasteiger partial charge >= 0.3 is 0 Å². The Morgan fingerprint density at radius 3 is 2.18 bits per heavy atom. The molecule has 2 nitrogen and oxygen atoms in total. The summed E-state index contributed by atoms with van der Waals surface area (Å²) in [5, 5.41) is 0. The second-order valence-corrected chi connectivity index (χ2v) is 10.9. The molecule has 0 saturated heterocycles. The van der Waals surface area contributed by atoms with Crippen molar-refractivity contribution in [1.29, 1.82) is 0 Å². The maximum Gasteiger partial charge on any atom is 0.202 e. The fourth-order valence-corrected chi connectivity index (χ4v) is 9.58. The van der Waals surface area contributed by atoms with E-state index in [-0.39, 0.29) is 4.99 Å². The Morgan fingerprint density at radius 2 is 1.76 bits per heavy atom. The molecule has 1 unspecified atom stereocenters. The molecule has 0 fully saturated rings. The Balaban J connectivity index is 4.52. The molecule has 0 aliphatic carbocycles. The first-order valence-corrected chi connectivity index (χ1v) is 12.0. The zero-order valence-electron chi connectivity index (χ0n) is 10.8. The quantitative estimate of drug-likeness (QED) is 0.232. The minimum Gasteiger partial charge on any atom is -0.329 e. The molecule has 0 spiro atoms. The van der Waals surface area contributed by atoms with E-state index in [0.717, 1.165) is 6.42 Å². The lowest BCUT2D eigenvalue weighted by molar-refractivity contribution is 0.264. The van der Waals surface area contributed by atoms with Gasteiger partial charge in [-0.25, -0.2) is 0 Å². The minimum absolute atomic E-state index is 0.256. The van der Waals surface area contributed by atoms with Crippen LogP contribution in [0.15, 0.2) is 0 Å². The molecule has 0 aliphatic rings. The highest BCUT2D eigenvalue weighted by Gasteiger charge is 2.30. The molecule has 104 valence electrons. The third kappa shape index (κ3) is 7.71. The molecule has 0 aromatic heterocycles. The first-order valence-electron chi connectivity index (χ1n) is 6.00. The standard InChI is InChI=1S/C10H23O2PS4/c1-4-7-8-9-10(16-17-15)13(14,11-5-2)12-6-3/h10,15H,4-9H2,1-3H3. The lowest BCUT2D eigenvalue weighted by atomic mass is 10.2. The van der Waals surface area contributed by atoms with Crippen LogP contribution >= 0.6 is 38.8 Å². The highest BCUT2D eigenvalue weighted by molar-refractivity contribution is 9.06. The summed E-state index contributed by atoms with van der Waals surface area (Å²) in [6.45, 7) is 5.24. The molecule has 0 radical (unpaired) electrons. The van der Waals surface area contributed by atoms with Gasteiger partial charge in [-0.1, -0.05) is 48.6 Å². The van der Waals surface area contributed by atoms with Crippen LogP contribution in [0, 0.1) is 0 Å². The van der Waals surface area contributed by atoms with E-state index in [1.54, 1.807) is 10.8 Å². The van der Waals surface area contributed by atoms with Crippen LogP contribution in [0.1, 0.15) is 46.5 Å². The van der Waals surface area contributed by atoms with E-state index in [1.807, 2.05) is 13.8 Å². The van der Waals surface area contributed by atoms with Crippen LogP contribution in [0.4, 0.5) is 0 Å². The number of rotatable bonds is 11. The summed E-state index contributed by atoms with van der Waals surface area (Å²) in [4.78, 5) is 0.256. The molecular formula is C10H23O2PS4. The first kappa shape index (κ1) is 18.6. The molecule has 0 heterocycles. The summed E-state index contributed by atoms with van der Waals surface area (Å²) in [7, 11) is 3.15. The molecule has 0 rings (SSSR count). The maximum atomic E-state index is 5.75. The second-order valence-electron chi connectivity index (χ2n) is 3.50. The van der Waals surface area contributed by atoms with Crippen molar-refractivity contribution in [2.45, 2.75) is 51.4 Å². The van der Waals surface area contributed by atoms with Crippen LogP contribution in [0.2, 0.25) is 0 Å². The molecule has 0 amide bonds. The van der Waals surface area contributed by atoms with Gasteiger partial charge in [0.25, 0.3) is 0 Å². The average molecular weight is 335 g/mol. The van der Waals surface area contributed by atoms with Gasteiger partial charge in [-0.05, 0) is 41.9 Å². The molecule has 0 bridgehead atoms. The predicted octanol–water partition coefficient (Wildman–Crippen LogP) is 5.50. The van der Waals surface area contributed by atoms with E-state index in [1.165, 1.54) is 29.1 Å². The van der Waals surface area contributed by atoms with Gasteiger partial charge in [-0.3, -0.25) is 0 Å². The lowest BCUT2D eigenvalue weighted by Crippen LogP contribution is -2.09. The summed E-state index contributed by atoms with van der Waals surface area (Å²) in [5.74, 6) is 0. The van der Waals surface area contributed by atoms with Crippen LogP contribution in [0.5, 0.6) is 0 Å². The number of unbranched alkanes of at least 4 members (excludes halogenated alkanes) is 2. The van der Waals surface area contributed by atoms with E-state index in [2.05, 4.69) is 18.6 Å². The predicted molar refractivity (Wildman–Crippen MR) is 89.6 cm³/mol. The van der Waals surface area contributed by atoms with Crippen molar-refractivity contribution < 1.29 is 9.05 Å². The van der Waals surface area contributed by atoms with Gasteiger partial charge in [0, 0.05) is 0 Å². The van der Waals surface area contributed by atoms with Crippen molar-refractivity contribution in [2.24, 2.45) is 0 Å². The zero-order chi connectivity index (χ0) is 13.1. The van der Waals surface area contributed by atoms with Gasteiger partial charge in [0.05, 0.1) is 18.2 Å². The monoisotopic (exact) mass is 334 g/mol. The Bertz CT molecular complexity index is 218. The average Bonchev–Trinajstić information content (AvgIpc) is 2.29. The normalized spacial score (nSPS) is 13.9. The van der Waals surface area contributed by atoms with Crippen molar-refractivity contribution in [2.75, 3.05) is 13.2 Å². The smallest absolute Gasteiger partial charge is 0.202 e. The zero-order valence-corrected chi connectivity index (χ0v) is 15.0. The van der Waals surface area contributed by atoms with Crippen molar-refractivity contribution >= 4 is 50.6 Å². The van der Waals surface area contributed by atoms with Crippen molar-refractivity contribution in [3.8, 4) is 0 Å². The van der Waals surface area contributed by atoms with Crippen molar-refractivity contribution in [1.82, 2.24) is 0 Å². The molecule has 7 heteroatoms. The minimum atomic E-state index is -2.16. The fraction of sp³-hybridized carbons (Fsp3) is 1.00. The highest BCUT2D eigenvalue weighted by Crippen LogP contribution is 2.61. The van der Waals surface area contributed by atoms with Gasteiger partial charge < -0.3 is 9.05 Å². The van der Waals surface area contributed by atoms with Gasteiger partial charge in [0.2, 0.25) is 6.49 Å². The molecule has 1 atom stereocenters. The number of hydrogen-bond acceptors (Lipinski definition) is 6. The van der Waals surface area contributed by atoms with Crippen LogP contribution in [-0.4, -0.2) is 18.2 Å². The molecule has 17 heavy (non-hydrogen) atoms. The number of hydrogen-bond donors (Lipinski definition) is 1. The Kier molecular flexibility index (Phi) is 12.5. The fourth-order valence-electron chi connectivity index (χ4n) is 1.44. The summed E-state index contributed by atoms with van der Waals surface area (Å²) in [6, 6.07) is 0. The number of thiol groups is 1. The third-order valence-electron chi connectivity index (χ3n) is 2.18. The summed E-state index contributed by atoms with van der Waals surface area (Å²) in [5.41, 5.74) is 0. The Hall–Kier alpha value is 1.62. The molecule has 0 aromatic carbocycles. The van der Waals surface area contributed by atoms with Gasteiger partial charge in [0.1, 0.15) is 0 Å². The SMILES string of the molecule is CCCCCC(SSS)P(=S)(OCC)OCC. The van der Waals surface area contributed by atoms with Crippen LogP contribution < -0.4 is 0 Å². The first-order chi connectivity index (χ1) is 8.14. The molecular weight excluding hydrogens is 311 g/mol. The van der Waals surface area contributed by atoms with Gasteiger partial charge in [-0.15, -0.1) is 0 Å². The van der Waals surface area contributed by atoms with E-state index in [4.69, 9.17) is 20.9 Å². The largest absolute Gasteiger partial charge is 0.329 e. The highest BCUT2D eigenvalue weighted by atomic mass is 33.5. The Morgan fingerprint density at radius 1 is 1.18 bits per heavy atom. The third-order valence-corrected chi connectivity index (χ3v) is 10.0. The molecule has 0 aliphatic heterocycles. The van der Waals surface area contributed by atoms with Crippen LogP contribution in [0.25, 0.3) is 0 Å². The second kappa shape index (κ2) is 11.4. The molecule has 0 N–H and O–H groups in total. The summed E-state index contributed by atoms with van der Waals surface area (Å²) >= 11 is 9.85.